The molecule has 8 heteroatoms. The summed E-state index contributed by atoms with van der Waals surface area (Å²) in [5.41, 5.74) is 1.06. The normalized spacial score (nSPS) is 12.1. The molecule has 0 amide bonds. The van der Waals surface area contributed by atoms with Crippen molar-refractivity contribution in [3.8, 4) is 0 Å². The molecular weight excluding hydrogens is 341 g/mol. The van der Waals surface area contributed by atoms with Crippen LogP contribution in [-0.2, 0) is 26.2 Å². The van der Waals surface area contributed by atoms with E-state index in [4.69, 9.17) is 0 Å². The number of hydrogen-bond donors (Lipinski definition) is 1. The SMILES string of the molecule is CS(=O)(=O)c1ccc(NCc2ccc(F)cc2)c(S(C)(=O)=O)c1. The summed E-state index contributed by atoms with van der Waals surface area (Å²) in [5.74, 6) is -0.358. The molecule has 0 atom stereocenters. The monoisotopic (exact) mass is 357 g/mol. The summed E-state index contributed by atoms with van der Waals surface area (Å²) in [6.45, 7) is 0.279. The average molecular weight is 357 g/mol. The Labute approximate surface area is 135 Å². The molecule has 0 saturated heterocycles. The van der Waals surface area contributed by atoms with Crippen LogP contribution < -0.4 is 5.32 Å². The zero-order chi connectivity index (χ0) is 17.3. The van der Waals surface area contributed by atoms with E-state index in [1.807, 2.05) is 0 Å². The van der Waals surface area contributed by atoms with Crippen molar-refractivity contribution in [3.63, 3.8) is 0 Å². The fourth-order valence-corrected chi connectivity index (χ4v) is 3.59. The van der Waals surface area contributed by atoms with Gasteiger partial charge in [0.25, 0.3) is 0 Å². The van der Waals surface area contributed by atoms with E-state index in [0.29, 0.717) is 5.69 Å². The van der Waals surface area contributed by atoms with Gasteiger partial charge in [0.2, 0.25) is 0 Å². The van der Waals surface area contributed by atoms with Crippen molar-refractivity contribution in [1.29, 1.82) is 0 Å². The van der Waals surface area contributed by atoms with Crippen LogP contribution in [0.3, 0.4) is 0 Å². The number of halogens is 1. The molecule has 0 aliphatic rings. The lowest BCUT2D eigenvalue weighted by Gasteiger charge is -2.12. The summed E-state index contributed by atoms with van der Waals surface area (Å²) >= 11 is 0. The maximum absolute atomic E-state index is 12.9. The van der Waals surface area contributed by atoms with Gasteiger partial charge in [0.05, 0.1) is 15.5 Å². The van der Waals surface area contributed by atoms with Gasteiger partial charge >= 0.3 is 0 Å². The minimum Gasteiger partial charge on any atom is -0.380 e. The molecule has 124 valence electrons. The summed E-state index contributed by atoms with van der Waals surface area (Å²) in [7, 11) is -7.12. The van der Waals surface area contributed by atoms with Gasteiger partial charge in [-0.15, -0.1) is 0 Å². The molecular formula is C15H16FNO4S2. The van der Waals surface area contributed by atoms with Crippen molar-refractivity contribution in [3.05, 3.63) is 53.8 Å². The van der Waals surface area contributed by atoms with Gasteiger partial charge in [0.15, 0.2) is 19.7 Å². The molecule has 5 nitrogen and oxygen atoms in total. The molecule has 2 aromatic carbocycles. The largest absolute Gasteiger partial charge is 0.380 e. The second-order valence-electron chi connectivity index (χ2n) is 5.18. The van der Waals surface area contributed by atoms with E-state index < -0.39 is 19.7 Å². The topological polar surface area (TPSA) is 80.3 Å². The lowest BCUT2D eigenvalue weighted by molar-refractivity contribution is 0.600. The molecule has 0 radical (unpaired) electrons. The van der Waals surface area contributed by atoms with E-state index in [9.17, 15) is 21.2 Å². The Bertz CT molecular complexity index is 920. The van der Waals surface area contributed by atoms with E-state index in [1.54, 1.807) is 12.1 Å². The minimum absolute atomic E-state index is 0.0646. The highest BCUT2D eigenvalue weighted by atomic mass is 32.2. The van der Waals surface area contributed by atoms with Crippen LogP contribution in [0.5, 0.6) is 0 Å². The Morgan fingerprint density at radius 2 is 1.52 bits per heavy atom. The number of sulfone groups is 2. The van der Waals surface area contributed by atoms with Crippen molar-refractivity contribution in [2.75, 3.05) is 17.8 Å². The fourth-order valence-electron chi connectivity index (χ4n) is 1.99. The van der Waals surface area contributed by atoms with Gasteiger partial charge in [-0.3, -0.25) is 0 Å². The predicted octanol–water partition coefficient (Wildman–Crippen LogP) is 2.24. The third-order valence-corrected chi connectivity index (χ3v) is 5.42. The maximum Gasteiger partial charge on any atom is 0.177 e. The van der Waals surface area contributed by atoms with Crippen molar-refractivity contribution >= 4 is 25.4 Å². The van der Waals surface area contributed by atoms with E-state index in [2.05, 4.69) is 5.32 Å². The Hall–Kier alpha value is -1.93. The quantitative estimate of drug-likeness (QED) is 0.888. The number of benzene rings is 2. The van der Waals surface area contributed by atoms with Crippen LogP contribution in [-0.4, -0.2) is 29.3 Å². The first-order chi connectivity index (χ1) is 10.6. The Balaban J connectivity index is 2.36. The van der Waals surface area contributed by atoms with Crippen LogP contribution in [0, 0.1) is 5.82 Å². The number of rotatable bonds is 5. The molecule has 2 aromatic rings. The third-order valence-electron chi connectivity index (χ3n) is 3.18. The van der Waals surface area contributed by atoms with Gasteiger partial charge in [-0.25, -0.2) is 21.2 Å². The molecule has 2 rings (SSSR count). The van der Waals surface area contributed by atoms with Gasteiger partial charge in [-0.2, -0.15) is 0 Å². The molecule has 0 fully saturated rings. The first-order valence-corrected chi connectivity index (χ1v) is 10.4. The summed E-state index contributed by atoms with van der Waals surface area (Å²) in [4.78, 5) is -0.159. The fraction of sp³-hybridized carbons (Fsp3) is 0.200. The van der Waals surface area contributed by atoms with Gasteiger partial charge < -0.3 is 5.32 Å². The van der Waals surface area contributed by atoms with E-state index >= 15 is 0 Å². The van der Waals surface area contributed by atoms with Crippen LogP contribution in [0.15, 0.2) is 52.3 Å². The standard InChI is InChI=1S/C15H16FNO4S2/c1-22(18,19)13-7-8-14(15(9-13)23(2,20)21)17-10-11-3-5-12(16)6-4-11/h3-9,17H,10H2,1-2H3. The lowest BCUT2D eigenvalue weighted by atomic mass is 10.2. The number of hydrogen-bond acceptors (Lipinski definition) is 5. The van der Waals surface area contributed by atoms with Crippen LogP contribution >= 0.6 is 0 Å². The minimum atomic E-state index is -3.61. The second kappa shape index (κ2) is 6.29. The second-order valence-corrected chi connectivity index (χ2v) is 9.18. The zero-order valence-corrected chi connectivity index (χ0v) is 14.2. The number of nitrogens with one attached hydrogen (secondary N) is 1. The van der Waals surface area contributed by atoms with E-state index in [1.165, 1.54) is 24.3 Å². The third kappa shape index (κ3) is 4.52. The summed E-state index contributed by atoms with van der Waals surface area (Å²) in [6, 6.07) is 9.66. The molecule has 23 heavy (non-hydrogen) atoms. The summed E-state index contributed by atoms with van der Waals surface area (Å²) < 4.78 is 59.8. The molecule has 0 aliphatic carbocycles. The van der Waals surface area contributed by atoms with Gasteiger partial charge in [0.1, 0.15) is 5.82 Å². The van der Waals surface area contributed by atoms with Crippen molar-refractivity contribution in [2.45, 2.75) is 16.3 Å². The smallest absolute Gasteiger partial charge is 0.177 e. The first kappa shape index (κ1) is 17.4. The Kier molecular flexibility index (Phi) is 4.76. The zero-order valence-electron chi connectivity index (χ0n) is 12.6. The summed E-state index contributed by atoms with van der Waals surface area (Å²) in [5, 5.41) is 2.94. The van der Waals surface area contributed by atoms with Crippen molar-refractivity contribution < 1.29 is 21.2 Å². The van der Waals surface area contributed by atoms with Crippen LogP contribution in [0.1, 0.15) is 5.56 Å². The Morgan fingerprint density at radius 1 is 0.913 bits per heavy atom. The van der Waals surface area contributed by atoms with Crippen molar-refractivity contribution in [1.82, 2.24) is 0 Å². The molecule has 0 aliphatic heterocycles. The van der Waals surface area contributed by atoms with Crippen LogP contribution in [0.4, 0.5) is 10.1 Å². The highest BCUT2D eigenvalue weighted by Crippen LogP contribution is 2.25. The van der Waals surface area contributed by atoms with Gasteiger partial charge in [0, 0.05) is 19.1 Å². The molecule has 0 spiro atoms. The maximum atomic E-state index is 12.9. The molecule has 0 bridgehead atoms. The van der Waals surface area contributed by atoms with Crippen LogP contribution in [0.2, 0.25) is 0 Å². The van der Waals surface area contributed by atoms with E-state index in [0.717, 1.165) is 24.1 Å². The van der Waals surface area contributed by atoms with Gasteiger partial charge in [-0.1, -0.05) is 12.1 Å². The Morgan fingerprint density at radius 3 is 2.04 bits per heavy atom. The molecule has 1 N–H and O–H groups in total. The molecule has 0 aromatic heterocycles. The molecule has 0 unspecified atom stereocenters. The lowest BCUT2D eigenvalue weighted by Crippen LogP contribution is -2.08. The average Bonchev–Trinajstić information content (AvgIpc) is 2.44. The first-order valence-electron chi connectivity index (χ1n) is 6.60. The predicted molar refractivity (Wildman–Crippen MR) is 86.4 cm³/mol. The van der Waals surface area contributed by atoms with Gasteiger partial charge in [-0.05, 0) is 35.9 Å². The van der Waals surface area contributed by atoms with Crippen LogP contribution in [0.25, 0.3) is 0 Å². The highest BCUT2D eigenvalue weighted by molar-refractivity contribution is 7.91. The number of anilines is 1. The molecule has 0 saturated carbocycles. The molecule has 0 heterocycles. The van der Waals surface area contributed by atoms with E-state index in [-0.39, 0.29) is 22.2 Å². The highest BCUT2D eigenvalue weighted by Gasteiger charge is 2.17. The van der Waals surface area contributed by atoms with Crippen molar-refractivity contribution in [2.24, 2.45) is 0 Å². The summed E-state index contributed by atoms with van der Waals surface area (Å²) in [6.07, 6.45) is 2.03.